The van der Waals surface area contributed by atoms with Crippen molar-refractivity contribution >= 4 is 11.9 Å². The van der Waals surface area contributed by atoms with Crippen LogP contribution in [-0.4, -0.2) is 71.2 Å². The molecular formula is C19H27N7. The van der Waals surface area contributed by atoms with E-state index in [4.69, 9.17) is 9.97 Å². The van der Waals surface area contributed by atoms with Crippen molar-refractivity contribution in [2.45, 2.75) is 26.2 Å². The Morgan fingerprint density at radius 3 is 2.23 bits per heavy atom. The van der Waals surface area contributed by atoms with Crippen LogP contribution in [0.2, 0.25) is 0 Å². The maximum atomic E-state index is 4.80. The van der Waals surface area contributed by atoms with E-state index in [1.807, 2.05) is 25.4 Å². The van der Waals surface area contributed by atoms with Crippen LogP contribution in [0.1, 0.15) is 25.0 Å². The van der Waals surface area contributed by atoms with Gasteiger partial charge >= 0.3 is 0 Å². The smallest absolute Gasteiger partial charge is 0.225 e. The minimum absolute atomic E-state index is 0.801. The molecule has 7 nitrogen and oxygen atoms in total. The third kappa shape index (κ3) is 3.62. The van der Waals surface area contributed by atoms with Gasteiger partial charge in [0.05, 0.1) is 11.4 Å². The van der Waals surface area contributed by atoms with E-state index in [2.05, 4.69) is 31.7 Å². The van der Waals surface area contributed by atoms with E-state index in [1.54, 1.807) is 0 Å². The first-order valence-corrected chi connectivity index (χ1v) is 9.56. The topological polar surface area (TPSA) is 61.3 Å². The van der Waals surface area contributed by atoms with E-state index >= 15 is 0 Å². The molecule has 0 radical (unpaired) electrons. The van der Waals surface area contributed by atoms with Crippen LogP contribution < -0.4 is 9.80 Å². The van der Waals surface area contributed by atoms with Crippen molar-refractivity contribution in [2.24, 2.45) is 0 Å². The summed E-state index contributed by atoms with van der Waals surface area (Å²) in [6.45, 7) is 8.16. The molecule has 0 aromatic carbocycles. The van der Waals surface area contributed by atoms with Crippen molar-refractivity contribution < 1.29 is 0 Å². The SMILES string of the molecule is Cc1nc(N2CCCCC2)ncc1-c1ccnc(N2CCN(C)CC2)n1. The van der Waals surface area contributed by atoms with Gasteiger partial charge in [0.2, 0.25) is 11.9 Å². The Kier molecular flexibility index (Phi) is 4.97. The fourth-order valence-corrected chi connectivity index (χ4v) is 3.61. The lowest BCUT2D eigenvalue weighted by Gasteiger charge is -2.32. The summed E-state index contributed by atoms with van der Waals surface area (Å²) in [5.41, 5.74) is 2.86. The molecular weight excluding hydrogens is 326 g/mol. The largest absolute Gasteiger partial charge is 0.341 e. The highest BCUT2D eigenvalue weighted by atomic mass is 15.3. The van der Waals surface area contributed by atoms with E-state index in [9.17, 15) is 0 Å². The molecule has 4 heterocycles. The van der Waals surface area contributed by atoms with Crippen molar-refractivity contribution in [3.63, 3.8) is 0 Å². The molecule has 0 bridgehead atoms. The maximum absolute atomic E-state index is 4.80. The third-order valence-electron chi connectivity index (χ3n) is 5.31. The van der Waals surface area contributed by atoms with Crippen LogP contribution in [0.4, 0.5) is 11.9 Å². The molecule has 26 heavy (non-hydrogen) atoms. The molecule has 138 valence electrons. The summed E-state index contributed by atoms with van der Waals surface area (Å²) in [7, 11) is 2.15. The molecule has 2 fully saturated rings. The molecule has 4 rings (SSSR count). The number of piperazine rings is 1. The van der Waals surface area contributed by atoms with Gasteiger partial charge in [-0.15, -0.1) is 0 Å². The van der Waals surface area contributed by atoms with Gasteiger partial charge in [0.1, 0.15) is 0 Å². The second-order valence-corrected chi connectivity index (χ2v) is 7.25. The van der Waals surface area contributed by atoms with E-state index < -0.39 is 0 Å². The summed E-state index contributed by atoms with van der Waals surface area (Å²) >= 11 is 0. The molecule has 0 unspecified atom stereocenters. The lowest BCUT2D eigenvalue weighted by atomic mass is 10.1. The van der Waals surface area contributed by atoms with Gasteiger partial charge in [-0.1, -0.05) is 0 Å². The molecule has 2 aromatic heterocycles. The average molecular weight is 353 g/mol. The first-order chi connectivity index (χ1) is 12.7. The van der Waals surface area contributed by atoms with E-state index in [1.165, 1.54) is 19.3 Å². The number of nitrogens with zero attached hydrogens (tertiary/aromatic N) is 7. The van der Waals surface area contributed by atoms with Gasteiger partial charge < -0.3 is 14.7 Å². The van der Waals surface area contributed by atoms with Crippen LogP contribution in [0.25, 0.3) is 11.3 Å². The highest BCUT2D eigenvalue weighted by molar-refractivity contribution is 5.62. The molecule has 2 aromatic rings. The van der Waals surface area contributed by atoms with Gasteiger partial charge in [-0.2, -0.15) is 0 Å². The summed E-state index contributed by atoms with van der Waals surface area (Å²) in [6.07, 6.45) is 7.52. The van der Waals surface area contributed by atoms with E-state index in [0.29, 0.717) is 0 Å². The Labute approximate surface area is 155 Å². The van der Waals surface area contributed by atoms with Gasteiger partial charge in [0, 0.05) is 57.2 Å². The Morgan fingerprint density at radius 1 is 0.808 bits per heavy atom. The van der Waals surface area contributed by atoms with Crippen LogP contribution >= 0.6 is 0 Å². The predicted octanol–water partition coefficient (Wildman–Crippen LogP) is 1.98. The summed E-state index contributed by atoms with van der Waals surface area (Å²) < 4.78 is 0. The number of aromatic nitrogens is 4. The van der Waals surface area contributed by atoms with Crippen LogP contribution in [0.3, 0.4) is 0 Å². The number of aryl methyl sites for hydroxylation is 1. The summed E-state index contributed by atoms with van der Waals surface area (Å²) in [4.78, 5) is 25.5. The Hall–Kier alpha value is -2.28. The van der Waals surface area contributed by atoms with E-state index in [0.717, 1.165) is 68.1 Å². The van der Waals surface area contributed by atoms with Crippen molar-refractivity contribution in [3.05, 3.63) is 24.2 Å². The number of piperidine rings is 1. The molecule has 0 atom stereocenters. The number of likely N-dealkylation sites (N-methyl/N-ethyl adjacent to an activating group) is 1. The Balaban J connectivity index is 1.56. The second kappa shape index (κ2) is 7.53. The zero-order valence-electron chi connectivity index (χ0n) is 15.7. The molecule has 0 saturated carbocycles. The predicted molar refractivity (Wildman–Crippen MR) is 104 cm³/mol. The van der Waals surface area contributed by atoms with Gasteiger partial charge in [-0.05, 0) is 39.3 Å². The molecule has 0 spiro atoms. The second-order valence-electron chi connectivity index (χ2n) is 7.25. The molecule has 0 N–H and O–H groups in total. The number of anilines is 2. The summed E-state index contributed by atoms with van der Waals surface area (Å²) in [5.74, 6) is 1.65. The number of hydrogen-bond acceptors (Lipinski definition) is 7. The lowest BCUT2D eigenvalue weighted by Crippen LogP contribution is -2.45. The molecule has 2 saturated heterocycles. The van der Waals surface area contributed by atoms with E-state index in [-0.39, 0.29) is 0 Å². The third-order valence-corrected chi connectivity index (χ3v) is 5.31. The molecule has 7 heteroatoms. The quantitative estimate of drug-likeness (QED) is 0.836. The zero-order chi connectivity index (χ0) is 17.9. The highest BCUT2D eigenvalue weighted by Gasteiger charge is 2.18. The van der Waals surface area contributed by atoms with Gasteiger partial charge in [0.15, 0.2) is 0 Å². The monoisotopic (exact) mass is 353 g/mol. The normalized spacial score (nSPS) is 19.0. The Morgan fingerprint density at radius 2 is 1.50 bits per heavy atom. The van der Waals surface area contributed by atoms with Crippen molar-refractivity contribution in [2.75, 3.05) is 56.1 Å². The zero-order valence-corrected chi connectivity index (χ0v) is 15.7. The maximum Gasteiger partial charge on any atom is 0.225 e. The first kappa shape index (κ1) is 17.1. The number of rotatable bonds is 3. The van der Waals surface area contributed by atoms with Gasteiger partial charge in [-0.3, -0.25) is 0 Å². The summed E-state index contributed by atoms with van der Waals surface area (Å²) in [6, 6.07) is 1.95. The van der Waals surface area contributed by atoms with Crippen LogP contribution in [0.5, 0.6) is 0 Å². The van der Waals surface area contributed by atoms with Crippen LogP contribution in [0, 0.1) is 6.92 Å². The summed E-state index contributed by atoms with van der Waals surface area (Å²) in [5, 5.41) is 0. The lowest BCUT2D eigenvalue weighted by molar-refractivity contribution is 0.311. The van der Waals surface area contributed by atoms with Crippen LogP contribution in [0.15, 0.2) is 18.5 Å². The van der Waals surface area contributed by atoms with Crippen molar-refractivity contribution in [1.29, 1.82) is 0 Å². The average Bonchev–Trinajstić information content (AvgIpc) is 2.69. The fraction of sp³-hybridized carbons (Fsp3) is 0.579. The van der Waals surface area contributed by atoms with Crippen molar-refractivity contribution in [1.82, 2.24) is 24.8 Å². The standard InChI is InChI=1S/C19H27N7/c1-15-16(14-21-19(22-15)25-8-4-3-5-9-25)17-6-7-20-18(23-17)26-12-10-24(2)11-13-26/h6-7,14H,3-5,8-13H2,1-2H3. The number of hydrogen-bond donors (Lipinski definition) is 0. The molecule has 2 aliphatic heterocycles. The molecule has 0 aliphatic carbocycles. The first-order valence-electron chi connectivity index (χ1n) is 9.56. The minimum atomic E-state index is 0.801. The minimum Gasteiger partial charge on any atom is -0.341 e. The highest BCUT2D eigenvalue weighted by Crippen LogP contribution is 2.24. The molecule has 0 amide bonds. The van der Waals surface area contributed by atoms with Crippen LogP contribution in [-0.2, 0) is 0 Å². The van der Waals surface area contributed by atoms with Gasteiger partial charge in [0.25, 0.3) is 0 Å². The fourth-order valence-electron chi connectivity index (χ4n) is 3.61. The molecule has 2 aliphatic rings. The Bertz CT molecular complexity index is 749. The van der Waals surface area contributed by atoms with Gasteiger partial charge in [-0.25, -0.2) is 19.9 Å². The van der Waals surface area contributed by atoms with Crippen molar-refractivity contribution in [3.8, 4) is 11.3 Å².